The normalized spacial score (nSPS) is 12.4. The van der Waals surface area contributed by atoms with Crippen LogP contribution in [0.4, 0.5) is 0 Å². The Hall–Kier alpha value is -5.23. The zero-order chi connectivity index (χ0) is 32.9. The van der Waals surface area contributed by atoms with Crippen LogP contribution >= 0.6 is 0 Å². The number of hydrogen-bond acceptors (Lipinski definition) is 6. The Kier molecular flexibility index (Phi) is 9.48. The van der Waals surface area contributed by atoms with Crippen LogP contribution in [-0.4, -0.2) is 41.8 Å². The van der Waals surface area contributed by atoms with Gasteiger partial charge in [0.15, 0.2) is 0 Å². The zero-order valence-corrected chi connectivity index (χ0v) is 27.6. The number of rotatable bonds is 6. The maximum Gasteiger partial charge on any atom is 0.150 e. The van der Waals surface area contributed by atoms with Crippen molar-refractivity contribution in [2.75, 3.05) is 35.5 Å². The monoisotopic (exact) mass is 628 g/mol. The Balaban J connectivity index is 1.61. The SMILES string of the molecule is COc1c2cccc1Cc1cccc(c1OC)Cc1cc(C=O)cc(c1OC)Cc1cccc(c1OC)Cc1cccc(c1OC)C2. The van der Waals surface area contributed by atoms with E-state index in [4.69, 9.17) is 23.7 Å². The van der Waals surface area contributed by atoms with E-state index < -0.39 is 0 Å². The molecule has 0 saturated carbocycles. The van der Waals surface area contributed by atoms with Crippen molar-refractivity contribution in [3.8, 4) is 28.7 Å². The number of carbonyl (C=O) groups excluding carboxylic acids is 1. The Morgan fingerprint density at radius 2 is 0.596 bits per heavy atom. The summed E-state index contributed by atoms with van der Waals surface area (Å²) < 4.78 is 30.4. The van der Waals surface area contributed by atoms with Gasteiger partial charge in [-0.3, -0.25) is 4.79 Å². The maximum absolute atomic E-state index is 12.2. The Labute approximate surface area is 276 Å². The van der Waals surface area contributed by atoms with Crippen molar-refractivity contribution in [3.05, 3.63) is 146 Å². The molecule has 0 radical (unpaired) electrons. The lowest BCUT2D eigenvalue weighted by Gasteiger charge is -2.21. The predicted molar refractivity (Wildman–Crippen MR) is 184 cm³/mol. The Morgan fingerprint density at radius 3 is 0.809 bits per heavy atom. The fourth-order valence-corrected chi connectivity index (χ4v) is 7.11. The first kappa shape index (κ1) is 31.7. The number of hydrogen-bond donors (Lipinski definition) is 0. The minimum atomic E-state index is 0.525. The van der Waals surface area contributed by atoms with Crippen LogP contribution in [0, 0.1) is 0 Å². The molecular weight excluding hydrogens is 588 g/mol. The smallest absolute Gasteiger partial charge is 0.150 e. The summed E-state index contributed by atoms with van der Waals surface area (Å²) in [6, 6.07) is 28.9. The van der Waals surface area contributed by atoms with Crippen molar-refractivity contribution < 1.29 is 28.5 Å². The highest BCUT2D eigenvalue weighted by Gasteiger charge is 2.21. The molecule has 240 valence electrons. The molecule has 0 aliphatic heterocycles. The van der Waals surface area contributed by atoms with Crippen LogP contribution in [0.2, 0.25) is 0 Å². The van der Waals surface area contributed by atoms with E-state index in [9.17, 15) is 4.79 Å². The molecule has 0 atom stereocenters. The van der Waals surface area contributed by atoms with Crippen molar-refractivity contribution in [2.24, 2.45) is 0 Å². The van der Waals surface area contributed by atoms with Gasteiger partial charge in [0.05, 0.1) is 35.5 Å². The summed E-state index contributed by atoms with van der Waals surface area (Å²) in [5.41, 5.74) is 10.8. The molecule has 5 aromatic carbocycles. The van der Waals surface area contributed by atoms with E-state index >= 15 is 0 Å². The molecule has 10 bridgehead atoms. The van der Waals surface area contributed by atoms with E-state index in [0.29, 0.717) is 37.7 Å². The number of methoxy groups -OCH3 is 5. The van der Waals surface area contributed by atoms with Gasteiger partial charge in [-0.05, 0) is 67.8 Å². The molecule has 0 fully saturated rings. The van der Waals surface area contributed by atoms with Gasteiger partial charge < -0.3 is 23.7 Å². The molecule has 1 aliphatic carbocycles. The minimum Gasteiger partial charge on any atom is -0.496 e. The zero-order valence-electron chi connectivity index (χ0n) is 27.6. The van der Waals surface area contributed by atoms with Crippen LogP contribution in [0.25, 0.3) is 0 Å². The molecule has 0 spiro atoms. The lowest BCUT2D eigenvalue weighted by molar-refractivity contribution is 0.112. The minimum absolute atomic E-state index is 0.525. The molecule has 0 amide bonds. The van der Waals surface area contributed by atoms with Crippen LogP contribution in [-0.2, 0) is 32.1 Å². The highest BCUT2D eigenvalue weighted by Crippen LogP contribution is 2.39. The number of aldehydes is 1. The lowest BCUT2D eigenvalue weighted by Crippen LogP contribution is -2.06. The fourth-order valence-electron chi connectivity index (χ4n) is 7.11. The van der Waals surface area contributed by atoms with Crippen molar-refractivity contribution in [3.63, 3.8) is 0 Å². The largest absolute Gasteiger partial charge is 0.496 e. The summed E-state index contributed by atoms with van der Waals surface area (Å²) in [6.45, 7) is 0. The van der Waals surface area contributed by atoms with Gasteiger partial charge in [-0.2, -0.15) is 0 Å². The van der Waals surface area contributed by atoms with Gasteiger partial charge in [0.2, 0.25) is 0 Å². The molecule has 1 aliphatic rings. The van der Waals surface area contributed by atoms with E-state index in [-0.39, 0.29) is 0 Å². The standard InChI is InChI=1S/C41H40O6/c1-43-37-27-10-6-12-29(37)21-31-14-8-16-33(39(31)45-3)23-35-18-26(25-42)19-36(41(35)47-5)24-34-17-9-15-32(40(34)46-4)22-30-13-7-11-28(20-27)38(30)44-2/h6-19,25H,20-24H2,1-5H3. The number of benzene rings is 5. The van der Waals surface area contributed by atoms with Crippen molar-refractivity contribution >= 4 is 6.29 Å². The number of ether oxygens (including phenoxy) is 5. The molecular formula is C41H40O6. The summed E-state index contributed by atoms with van der Waals surface area (Å²) in [5.74, 6) is 4.05. The van der Waals surface area contributed by atoms with Crippen molar-refractivity contribution in [1.29, 1.82) is 0 Å². The van der Waals surface area contributed by atoms with Gasteiger partial charge in [-0.15, -0.1) is 0 Å². The second-order valence-electron chi connectivity index (χ2n) is 11.8. The summed E-state index contributed by atoms with van der Waals surface area (Å²) in [4.78, 5) is 12.2. The van der Waals surface area contributed by atoms with E-state index in [1.807, 2.05) is 12.1 Å². The van der Waals surface area contributed by atoms with Crippen molar-refractivity contribution in [2.45, 2.75) is 32.1 Å². The topological polar surface area (TPSA) is 63.2 Å². The Bertz CT molecular complexity index is 1790. The van der Waals surface area contributed by atoms with Crippen molar-refractivity contribution in [1.82, 2.24) is 0 Å². The summed E-state index contributed by atoms with van der Waals surface area (Å²) in [6.07, 6.45) is 3.84. The Morgan fingerprint density at radius 1 is 0.383 bits per heavy atom. The second-order valence-corrected chi connectivity index (χ2v) is 11.8. The van der Waals surface area contributed by atoms with E-state index in [0.717, 1.165) is 90.7 Å². The molecule has 6 heteroatoms. The van der Waals surface area contributed by atoms with Crippen LogP contribution in [0.5, 0.6) is 28.7 Å². The number of carbonyl (C=O) groups is 1. The fraction of sp³-hybridized carbons (Fsp3) is 0.244. The molecule has 5 aromatic rings. The predicted octanol–water partition coefficient (Wildman–Crippen LogP) is 7.81. The van der Waals surface area contributed by atoms with Crippen LogP contribution in [0.1, 0.15) is 66.0 Å². The van der Waals surface area contributed by atoms with Crippen LogP contribution in [0.15, 0.2) is 84.9 Å². The maximum atomic E-state index is 12.2. The first-order valence-electron chi connectivity index (χ1n) is 15.8. The molecule has 6 rings (SSSR count). The molecule has 0 heterocycles. The molecule has 6 nitrogen and oxygen atoms in total. The molecule has 0 unspecified atom stereocenters. The van der Waals surface area contributed by atoms with Gasteiger partial charge in [-0.25, -0.2) is 0 Å². The van der Waals surface area contributed by atoms with Gasteiger partial charge in [0.25, 0.3) is 0 Å². The average molecular weight is 629 g/mol. The molecule has 0 saturated heterocycles. The van der Waals surface area contributed by atoms with Gasteiger partial charge in [-0.1, -0.05) is 72.8 Å². The summed E-state index contributed by atoms with van der Waals surface area (Å²) in [7, 11) is 8.55. The van der Waals surface area contributed by atoms with E-state index in [1.165, 1.54) is 0 Å². The number of para-hydroxylation sites is 4. The number of fused-ring (bicyclic) bond motifs is 10. The molecule has 0 N–H and O–H groups in total. The van der Waals surface area contributed by atoms with E-state index in [2.05, 4.69) is 72.8 Å². The van der Waals surface area contributed by atoms with Gasteiger partial charge >= 0.3 is 0 Å². The summed E-state index contributed by atoms with van der Waals surface area (Å²) >= 11 is 0. The van der Waals surface area contributed by atoms with Crippen LogP contribution in [0.3, 0.4) is 0 Å². The first-order chi connectivity index (χ1) is 23.0. The molecule has 0 aromatic heterocycles. The second kappa shape index (κ2) is 14.0. The van der Waals surface area contributed by atoms with Crippen LogP contribution < -0.4 is 23.7 Å². The average Bonchev–Trinajstić information content (AvgIpc) is 3.08. The third-order valence-corrected chi connectivity index (χ3v) is 9.04. The third-order valence-electron chi connectivity index (χ3n) is 9.04. The highest BCUT2D eigenvalue weighted by molar-refractivity contribution is 5.77. The molecule has 47 heavy (non-hydrogen) atoms. The third kappa shape index (κ3) is 6.28. The highest BCUT2D eigenvalue weighted by atomic mass is 16.5. The van der Waals surface area contributed by atoms with Gasteiger partial charge in [0, 0.05) is 37.7 Å². The first-order valence-corrected chi connectivity index (χ1v) is 15.8. The quantitative estimate of drug-likeness (QED) is 0.175. The summed E-state index contributed by atoms with van der Waals surface area (Å²) in [5, 5.41) is 0. The lowest BCUT2D eigenvalue weighted by atomic mass is 9.90. The van der Waals surface area contributed by atoms with Gasteiger partial charge in [0.1, 0.15) is 35.0 Å². The van der Waals surface area contributed by atoms with E-state index in [1.54, 1.807) is 35.5 Å².